The van der Waals surface area contributed by atoms with E-state index in [9.17, 15) is 18.0 Å². The molecule has 9 heteroatoms. The number of nitrogens with zero attached hydrogens (tertiary/aromatic N) is 3. The Morgan fingerprint density at radius 3 is 2.83 bits per heavy atom. The Labute approximate surface area is 174 Å². The molecule has 4 heterocycles. The van der Waals surface area contributed by atoms with Crippen LogP contribution in [0.1, 0.15) is 36.1 Å². The van der Waals surface area contributed by atoms with Gasteiger partial charge in [0.25, 0.3) is 5.91 Å². The van der Waals surface area contributed by atoms with Crippen LogP contribution in [0.3, 0.4) is 0 Å². The number of carbonyl (C=O) groups excluding carboxylic acids is 2. The number of hydrazone groups is 1. The van der Waals surface area contributed by atoms with Crippen molar-refractivity contribution in [3.63, 3.8) is 0 Å². The van der Waals surface area contributed by atoms with Crippen molar-refractivity contribution in [2.75, 3.05) is 18.1 Å². The van der Waals surface area contributed by atoms with E-state index >= 15 is 0 Å². The van der Waals surface area contributed by atoms with Crippen LogP contribution >= 0.6 is 0 Å². The van der Waals surface area contributed by atoms with E-state index < -0.39 is 15.9 Å². The third-order valence-corrected chi connectivity index (χ3v) is 8.03. The first-order valence-electron chi connectivity index (χ1n) is 10.3. The summed E-state index contributed by atoms with van der Waals surface area (Å²) in [5.74, 6) is -0.386. The van der Waals surface area contributed by atoms with E-state index in [1.54, 1.807) is 4.90 Å². The minimum atomic E-state index is -3.14. The summed E-state index contributed by atoms with van der Waals surface area (Å²) in [4.78, 5) is 30.8. The number of fused-ring (bicyclic) bond motifs is 3. The highest BCUT2D eigenvalue weighted by molar-refractivity contribution is 7.91. The van der Waals surface area contributed by atoms with E-state index in [1.807, 2.05) is 0 Å². The molecule has 0 unspecified atom stereocenters. The fourth-order valence-corrected chi connectivity index (χ4v) is 6.35. The van der Waals surface area contributed by atoms with Crippen LogP contribution in [-0.2, 0) is 32.4 Å². The Morgan fingerprint density at radius 1 is 1.23 bits per heavy atom. The summed E-state index contributed by atoms with van der Waals surface area (Å²) in [6, 6.07) is 5.81. The van der Waals surface area contributed by atoms with Gasteiger partial charge in [-0.3, -0.25) is 9.59 Å². The van der Waals surface area contributed by atoms with Gasteiger partial charge in [0.15, 0.2) is 9.84 Å². The standard InChI is InChI=1S/C21H24N4O4S/c1-13-2-3-17-15(10-13)16-11-24(8-6-18(16)22-17)21(27)19-4-5-20(26)25(23-19)14-7-9-30(28,29)12-14/h2-3,10,14,22H,4-9,11-12H2,1H3/t14-/m0/s1. The molecular weight excluding hydrogens is 404 g/mol. The topological polar surface area (TPSA) is 103 Å². The zero-order valence-electron chi connectivity index (χ0n) is 16.8. The number of carbonyl (C=O) groups is 2. The van der Waals surface area contributed by atoms with Gasteiger partial charge in [0.1, 0.15) is 5.71 Å². The Kier molecular flexibility index (Phi) is 4.46. The van der Waals surface area contributed by atoms with Crippen LogP contribution in [0.4, 0.5) is 0 Å². The maximum Gasteiger partial charge on any atom is 0.270 e. The lowest BCUT2D eigenvalue weighted by atomic mass is 10.0. The second-order valence-corrected chi connectivity index (χ2v) is 10.7. The molecule has 5 rings (SSSR count). The summed E-state index contributed by atoms with van der Waals surface area (Å²) in [5, 5.41) is 6.74. The lowest BCUT2D eigenvalue weighted by Gasteiger charge is -2.31. The summed E-state index contributed by atoms with van der Waals surface area (Å²) in [6.45, 7) is 3.14. The molecule has 0 radical (unpaired) electrons. The minimum Gasteiger partial charge on any atom is -0.358 e. The predicted molar refractivity (Wildman–Crippen MR) is 113 cm³/mol. The summed E-state index contributed by atoms with van der Waals surface area (Å²) >= 11 is 0. The van der Waals surface area contributed by atoms with Crippen LogP contribution in [0.25, 0.3) is 10.9 Å². The zero-order chi connectivity index (χ0) is 21.0. The highest BCUT2D eigenvalue weighted by atomic mass is 32.2. The number of aromatic nitrogens is 1. The number of hydrogen-bond donors (Lipinski definition) is 1. The fraction of sp³-hybridized carbons (Fsp3) is 0.476. The molecule has 2 aromatic rings. The molecule has 1 saturated heterocycles. The largest absolute Gasteiger partial charge is 0.358 e. The smallest absolute Gasteiger partial charge is 0.270 e. The first kappa shape index (κ1) is 19.3. The number of aryl methyl sites for hydroxylation is 1. The first-order chi connectivity index (χ1) is 14.3. The molecule has 0 aliphatic carbocycles. The molecule has 1 N–H and O–H groups in total. The lowest BCUT2D eigenvalue weighted by molar-refractivity contribution is -0.134. The monoisotopic (exact) mass is 428 g/mol. The fourth-order valence-electron chi connectivity index (χ4n) is 4.66. The number of hydrogen-bond acceptors (Lipinski definition) is 5. The van der Waals surface area contributed by atoms with Gasteiger partial charge in [-0.2, -0.15) is 5.10 Å². The van der Waals surface area contributed by atoms with Gasteiger partial charge in [-0.1, -0.05) is 11.6 Å². The van der Waals surface area contributed by atoms with Gasteiger partial charge in [0.05, 0.1) is 17.5 Å². The van der Waals surface area contributed by atoms with E-state index in [0.717, 1.165) is 28.6 Å². The number of amides is 2. The van der Waals surface area contributed by atoms with E-state index in [-0.39, 0.29) is 29.7 Å². The summed E-state index contributed by atoms with van der Waals surface area (Å²) in [6.07, 6.45) is 1.60. The molecule has 0 saturated carbocycles. The predicted octanol–water partition coefficient (Wildman–Crippen LogP) is 1.53. The highest BCUT2D eigenvalue weighted by Gasteiger charge is 2.38. The number of nitrogens with one attached hydrogen (secondary N) is 1. The Hall–Kier alpha value is -2.68. The maximum atomic E-state index is 13.2. The number of H-pyrrole nitrogens is 1. The minimum absolute atomic E-state index is 0.0646. The Balaban J connectivity index is 1.39. The van der Waals surface area contributed by atoms with Gasteiger partial charge < -0.3 is 9.88 Å². The molecule has 0 bridgehead atoms. The van der Waals surface area contributed by atoms with Crippen molar-refractivity contribution >= 4 is 38.3 Å². The van der Waals surface area contributed by atoms with E-state index in [1.165, 1.54) is 10.6 Å². The van der Waals surface area contributed by atoms with Gasteiger partial charge in [-0.15, -0.1) is 0 Å². The van der Waals surface area contributed by atoms with Crippen molar-refractivity contribution in [3.8, 4) is 0 Å². The van der Waals surface area contributed by atoms with Crippen molar-refractivity contribution < 1.29 is 18.0 Å². The molecule has 1 fully saturated rings. The lowest BCUT2D eigenvalue weighted by Crippen LogP contribution is -2.46. The normalized spacial score (nSPS) is 23.6. The molecule has 158 valence electrons. The molecule has 1 aromatic carbocycles. The average molecular weight is 429 g/mol. The Morgan fingerprint density at radius 2 is 2.07 bits per heavy atom. The van der Waals surface area contributed by atoms with Crippen LogP contribution < -0.4 is 0 Å². The molecule has 3 aliphatic heterocycles. The number of rotatable bonds is 2. The molecule has 1 atom stereocenters. The molecule has 8 nitrogen and oxygen atoms in total. The summed E-state index contributed by atoms with van der Waals surface area (Å²) in [5.41, 5.74) is 4.90. The second kappa shape index (κ2) is 6.94. The van der Waals surface area contributed by atoms with Crippen molar-refractivity contribution in [2.45, 2.75) is 45.2 Å². The second-order valence-electron chi connectivity index (χ2n) is 8.45. The van der Waals surface area contributed by atoms with Gasteiger partial charge in [-0.25, -0.2) is 13.4 Å². The molecule has 1 aromatic heterocycles. The van der Waals surface area contributed by atoms with Crippen molar-refractivity contribution in [2.24, 2.45) is 5.10 Å². The van der Waals surface area contributed by atoms with E-state index in [0.29, 0.717) is 31.6 Å². The summed E-state index contributed by atoms with van der Waals surface area (Å²) in [7, 11) is -3.14. The van der Waals surface area contributed by atoms with Gasteiger partial charge in [-0.05, 0) is 25.5 Å². The molecule has 30 heavy (non-hydrogen) atoms. The van der Waals surface area contributed by atoms with Crippen molar-refractivity contribution in [1.29, 1.82) is 0 Å². The maximum absolute atomic E-state index is 13.2. The average Bonchev–Trinajstić information content (AvgIpc) is 3.26. The van der Waals surface area contributed by atoms with Crippen LogP contribution in [0.5, 0.6) is 0 Å². The SMILES string of the molecule is Cc1ccc2[nH]c3c(c2c1)CN(C(=O)C1=NN([C@H]2CCS(=O)(=O)C2)C(=O)CC1)CC3. The molecule has 0 spiro atoms. The number of aromatic amines is 1. The first-order valence-corrected chi connectivity index (χ1v) is 12.1. The number of sulfone groups is 1. The molecule has 2 amide bonds. The quantitative estimate of drug-likeness (QED) is 0.783. The van der Waals surface area contributed by atoms with Gasteiger partial charge >= 0.3 is 0 Å². The van der Waals surface area contributed by atoms with E-state index in [2.05, 4.69) is 35.2 Å². The van der Waals surface area contributed by atoms with Crippen LogP contribution in [0, 0.1) is 6.92 Å². The molecule has 3 aliphatic rings. The van der Waals surface area contributed by atoms with Crippen molar-refractivity contribution in [1.82, 2.24) is 14.9 Å². The van der Waals surface area contributed by atoms with Crippen LogP contribution in [0.15, 0.2) is 23.3 Å². The van der Waals surface area contributed by atoms with Crippen LogP contribution in [0.2, 0.25) is 0 Å². The molecular formula is C21H24N4O4S. The third-order valence-electron chi connectivity index (χ3n) is 6.28. The van der Waals surface area contributed by atoms with Gasteiger partial charge in [0, 0.05) is 54.5 Å². The van der Waals surface area contributed by atoms with E-state index in [4.69, 9.17) is 0 Å². The van der Waals surface area contributed by atoms with Crippen molar-refractivity contribution in [3.05, 3.63) is 35.0 Å². The zero-order valence-corrected chi connectivity index (χ0v) is 17.7. The van der Waals surface area contributed by atoms with Crippen LogP contribution in [-0.4, -0.2) is 64.9 Å². The Bertz CT molecular complexity index is 1200. The highest BCUT2D eigenvalue weighted by Crippen LogP contribution is 2.29. The van der Waals surface area contributed by atoms with Gasteiger partial charge in [0.2, 0.25) is 5.91 Å². The third kappa shape index (κ3) is 3.30. The number of benzene rings is 1. The summed E-state index contributed by atoms with van der Waals surface area (Å²) < 4.78 is 23.6.